The fourth-order valence-corrected chi connectivity index (χ4v) is 1.94. The van der Waals surface area contributed by atoms with Crippen molar-refractivity contribution in [2.45, 2.75) is 12.4 Å². The molecule has 16 heavy (non-hydrogen) atoms. The summed E-state index contributed by atoms with van der Waals surface area (Å²) >= 11 is 0. The summed E-state index contributed by atoms with van der Waals surface area (Å²) in [5.41, 5.74) is 0.674. The highest BCUT2D eigenvalue weighted by Gasteiger charge is 2.38. The number of halogens is 1. The van der Waals surface area contributed by atoms with E-state index in [1.54, 1.807) is 24.3 Å². The van der Waals surface area contributed by atoms with Crippen molar-refractivity contribution in [1.82, 2.24) is 0 Å². The minimum atomic E-state index is -0.857. The lowest BCUT2D eigenvalue weighted by atomic mass is 9.98. The van der Waals surface area contributed by atoms with Gasteiger partial charge in [-0.15, -0.1) is 0 Å². The first-order valence-electron chi connectivity index (χ1n) is 5.04. The van der Waals surface area contributed by atoms with Crippen LogP contribution in [0.15, 0.2) is 30.3 Å². The first-order chi connectivity index (χ1) is 7.75. The Hall–Kier alpha value is -1.52. The number of rotatable bonds is 1. The molecule has 0 aromatic heterocycles. The number of ketones is 1. The molecule has 0 radical (unpaired) electrons. The Kier molecular flexibility index (Phi) is 2.12. The molecule has 1 aromatic rings. The topological polar surface area (TPSA) is 35.5 Å². The summed E-state index contributed by atoms with van der Waals surface area (Å²) in [7, 11) is 0. The lowest BCUT2D eigenvalue weighted by molar-refractivity contribution is -0.140. The first-order valence-corrected chi connectivity index (χ1v) is 5.04. The maximum absolute atomic E-state index is 13.5. The second-order valence-corrected chi connectivity index (χ2v) is 3.76. The van der Waals surface area contributed by atoms with Gasteiger partial charge < -0.3 is 9.47 Å². The Morgan fingerprint density at radius 3 is 2.94 bits per heavy atom. The predicted molar refractivity (Wildman–Crippen MR) is 54.0 cm³/mol. The molecule has 2 heterocycles. The fraction of sp³-hybridized carbons (Fsp3) is 0.250. The molecule has 0 aliphatic carbocycles. The van der Waals surface area contributed by atoms with Crippen LogP contribution < -0.4 is 0 Å². The second kappa shape index (κ2) is 3.50. The summed E-state index contributed by atoms with van der Waals surface area (Å²) in [6, 6.07) is 6.21. The van der Waals surface area contributed by atoms with Crippen molar-refractivity contribution in [2.75, 3.05) is 6.61 Å². The molecule has 1 saturated heterocycles. The second-order valence-electron chi connectivity index (χ2n) is 3.76. The van der Waals surface area contributed by atoms with Crippen molar-refractivity contribution in [3.63, 3.8) is 0 Å². The lowest BCUT2D eigenvalue weighted by Crippen LogP contribution is -2.27. The van der Waals surface area contributed by atoms with Crippen LogP contribution in [0.4, 0.5) is 4.39 Å². The molecule has 2 aliphatic rings. The summed E-state index contributed by atoms with van der Waals surface area (Å²) in [6.45, 7) is 0.356. The van der Waals surface area contributed by atoms with Crippen molar-refractivity contribution in [3.05, 3.63) is 41.7 Å². The SMILES string of the molecule is O=C1C(c2ccccc2F)=C[C@H]2CO[C@@H]1O2. The molecule has 1 aromatic carbocycles. The average Bonchev–Trinajstić information content (AvgIpc) is 2.69. The number of carbonyl (C=O) groups is 1. The van der Waals surface area contributed by atoms with E-state index in [-0.39, 0.29) is 11.9 Å². The van der Waals surface area contributed by atoms with Gasteiger partial charge in [0.2, 0.25) is 12.1 Å². The zero-order valence-electron chi connectivity index (χ0n) is 8.35. The van der Waals surface area contributed by atoms with Crippen molar-refractivity contribution in [3.8, 4) is 0 Å². The van der Waals surface area contributed by atoms with Crippen LogP contribution in [0.2, 0.25) is 0 Å². The summed E-state index contributed by atoms with van der Waals surface area (Å²) in [5, 5.41) is 0. The van der Waals surface area contributed by atoms with Crippen LogP contribution in [0.3, 0.4) is 0 Å². The van der Waals surface area contributed by atoms with E-state index in [0.29, 0.717) is 17.7 Å². The van der Waals surface area contributed by atoms with Gasteiger partial charge in [-0.3, -0.25) is 4.79 Å². The molecule has 2 aliphatic heterocycles. The third-order valence-corrected chi connectivity index (χ3v) is 2.71. The van der Waals surface area contributed by atoms with E-state index in [0.717, 1.165) is 0 Å². The molecule has 1 fully saturated rings. The van der Waals surface area contributed by atoms with E-state index in [9.17, 15) is 9.18 Å². The molecular weight excluding hydrogens is 211 g/mol. The summed E-state index contributed by atoms with van der Waals surface area (Å²) in [4.78, 5) is 11.9. The van der Waals surface area contributed by atoms with Gasteiger partial charge in [0.05, 0.1) is 6.61 Å². The van der Waals surface area contributed by atoms with Gasteiger partial charge in [0.15, 0.2) is 0 Å². The number of hydrogen-bond donors (Lipinski definition) is 0. The molecule has 0 unspecified atom stereocenters. The lowest BCUT2D eigenvalue weighted by Gasteiger charge is -2.17. The molecule has 2 atom stereocenters. The van der Waals surface area contributed by atoms with Crippen molar-refractivity contribution in [1.29, 1.82) is 0 Å². The van der Waals surface area contributed by atoms with Gasteiger partial charge in [0, 0.05) is 11.1 Å². The highest BCUT2D eigenvalue weighted by atomic mass is 19.1. The molecule has 0 amide bonds. The fourth-order valence-electron chi connectivity index (χ4n) is 1.94. The molecule has 0 N–H and O–H groups in total. The van der Waals surface area contributed by atoms with Crippen molar-refractivity contribution < 1.29 is 18.7 Å². The first kappa shape index (κ1) is 9.69. The van der Waals surface area contributed by atoms with Crippen molar-refractivity contribution in [2.24, 2.45) is 0 Å². The monoisotopic (exact) mass is 220 g/mol. The number of carbonyl (C=O) groups excluding carboxylic acids is 1. The maximum Gasteiger partial charge on any atom is 0.223 e. The molecule has 82 valence electrons. The van der Waals surface area contributed by atoms with E-state index in [1.807, 2.05) is 0 Å². The zero-order valence-corrected chi connectivity index (χ0v) is 8.35. The Morgan fingerprint density at radius 2 is 2.12 bits per heavy atom. The Bertz CT molecular complexity index is 481. The van der Waals surface area contributed by atoms with E-state index < -0.39 is 12.1 Å². The van der Waals surface area contributed by atoms with Gasteiger partial charge in [-0.1, -0.05) is 18.2 Å². The summed E-state index contributed by atoms with van der Waals surface area (Å²) in [6.07, 6.45) is 0.534. The number of benzene rings is 1. The molecule has 0 spiro atoms. The minimum Gasteiger partial charge on any atom is -0.343 e. The molecule has 4 heteroatoms. The van der Waals surface area contributed by atoms with Crippen LogP contribution in [-0.4, -0.2) is 24.8 Å². The van der Waals surface area contributed by atoms with Gasteiger partial charge in [-0.2, -0.15) is 0 Å². The van der Waals surface area contributed by atoms with Gasteiger partial charge in [-0.25, -0.2) is 4.39 Å². The smallest absolute Gasteiger partial charge is 0.223 e. The number of Topliss-reactive ketones (excluding diaryl/α,β-unsaturated/α-hetero) is 1. The number of fused-ring (bicyclic) bond motifs is 2. The van der Waals surface area contributed by atoms with Gasteiger partial charge >= 0.3 is 0 Å². The van der Waals surface area contributed by atoms with Crippen LogP contribution in [0, 0.1) is 5.82 Å². The van der Waals surface area contributed by atoms with Gasteiger partial charge in [0.25, 0.3) is 0 Å². The standard InChI is InChI=1S/C12H9FO3/c13-10-4-2-1-3-8(10)9-5-7-6-15-12(16-7)11(9)14/h1-5,7,12H,6H2/t7-,12+/m0/s1. The van der Waals surface area contributed by atoms with Gasteiger partial charge in [0.1, 0.15) is 11.9 Å². The van der Waals surface area contributed by atoms with E-state index >= 15 is 0 Å². The molecular formula is C12H9FO3. The highest BCUT2D eigenvalue weighted by Crippen LogP contribution is 2.30. The largest absolute Gasteiger partial charge is 0.343 e. The highest BCUT2D eigenvalue weighted by molar-refractivity contribution is 6.23. The molecule has 2 bridgehead atoms. The Balaban J connectivity index is 2.07. The van der Waals surface area contributed by atoms with Crippen LogP contribution in [0.25, 0.3) is 5.57 Å². The van der Waals surface area contributed by atoms with Crippen LogP contribution in [0.5, 0.6) is 0 Å². The predicted octanol–water partition coefficient (Wildman–Crippen LogP) is 1.53. The van der Waals surface area contributed by atoms with E-state index in [2.05, 4.69) is 0 Å². The van der Waals surface area contributed by atoms with E-state index in [1.165, 1.54) is 6.07 Å². The Labute approximate surface area is 91.5 Å². The molecule has 3 rings (SSSR count). The van der Waals surface area contributed by atoms with Crippen LogP contribution in [-0.2, 0) is 14.3 Å². The normalized spacial score (nSPS) is 28.1. The quantitative estimate of drug-likeness (QED) is 0.720. The average molecular weight is 220 g/mol. The van der Waals surface area contributed by atoms with Gasteiger partial charge in [-0.05, 0) is 12.1 Å². The Morgan fingerprint density at radius 1 is 1.31 bits per heavy atom. The zero-order chi connectivity index (χ0) is 11.1. The molecule has 3 nitrogen and oxygen atoms in total. The maximum atomic E-state index is 13.5. The summed E-state index contributed by atoms with van der Waals surface area (Å²) in [5.74, 6) is -0.706. The van der Waals surface area contributed by atoms with Crippen LogP contribution >= 0.6 is 0 Å². The van der Waals surface area contributed by atoms with Crippen molar-refractivity contribution >= 4 is 11.4 Å². The van der Waals surface area contributed by atoms with Crippen LogP contribution in [0.1, 0.15) is 5.56 Å². The van der Waals surface area contributed by atoms with E-state index in [4.69, 9.17) is 9.47 Å². The third kappa shape index (κ3) is 1.38. The number of hydrogen-bond acceptors (Lipinski definition) is 3. The number of ether oxygens (including phenoxy) is 2. The molecule has 0 saturated carbocycles. The summed E-state index contributed by atoms with van der Waals surface area (Å²) < 4.78 is 23.9. The minimum absolute atomic E-state index is 0.239. The third-order valence-electron chi connectivity index (χ3n) is 2.71.